The highest BCUT2D eigenvalue weighted by Gasteiger charge is 2.13. The van der Waals surface area contributed by atoms with Crippen LogP contribution in [0.1, 0.15) is 30.5 Å². The fourth-order valence-corrected chi connectivity index (χ4v) is 1.65. The highest BCUT2D eigenvalue weighted by Crippen LogP contribution is 2.24. The van der Waals surface area contributed by atoms with Gasteiger partial charge >= 0.3 is 5.97 Å². The summed E-state index contributed by atoms with van der Waals surface area (Å²) in [4.78, 5) is 11.7. The topological polar surface area (TPSA) is 70.3 Å². The summed E-state index contributed by atoms with van der Waals surface area (Å²) in [5, 5.41) is 18.7. The molecule has 0 saturated heterocycles. The van der Waals surface area contributed by atoms with E-state index in [1.54, 1.807) is 39.8 Å². The number of nitriles is 1. The van der Waals surface area contributed by atoms with Crippen LogP contribution in [0.25, 0.3) is 6.08 Å². The SMILES string of the molecule is Cc1cc(/C=C(/C#N)C(=O)OC(C)C)cc(C)c1O. The molecule has 100 valence electrons. The fraction of sp³-hybridized carbons (Fsp3) is 0.333. The molecule has 19 heavy (non-hydrogen) atoms. The van der Waals surface area contributed by atoms with Gasteiger partial charge < -0.3 is 9.84 Å². The van der Waals surface area contributed by atoms with Crippen molar-refractivity contribution in [1.29, 1.82) is 5.26 Å². The molecule has 0 aliphatic rings. The molecule has 0 aliphatic heterocycles. The fourth-order valence-electron chi connectivity index (χ4n) is 1.65. The number of ether oxygens (including phenoxy) is 1. The minimum Gasteiger partial charge on any atom is -0.507 e. The largest absolute Gasteiger partial charge is 0.507 e. The standard InChI is InChI=1S/C15H17NO3/c1-9(2)19-15(18)13(8-16)7-12-5-10(3)14(17)11(4)6-12/h5-7,9,17H,1-4H3/b13-7-. The molecule has 0 saturated carbocycles. The van der Waals surface area contributed by atoms with E-state index in [1.165, 1.54) is 6.08 Å². The van der Waals surface area contributed by atoms with Gasteiger partial charge in [0.2, 0.25) is 0 Å². The third-order valence-corrected chi connectivity index (χ3v) is 2.51. The number of hydrogen-bond donors (Lipinski definition) is 1. The lowest BCUT2D eigenvalue weighted by Gasteiger charge is -2.08. The van der Waals surface area contributed by atoms with Crippen molar-refractivity contribution in [2.45, 2.75) is 33.8 Å². The van der Waals surface area contributed by atoms with E-state index < -0.39 is 5.97 Å². The van der Waals surface area contributed by atoms with Crippen molar-refractivity contribution in [1.82, 2.24) is 0 Å². The number of aromatic hydroxyl groups is 1. The maximum Gasteiger partial charge on any atom is 0.349 e. The van der Waals surface area contributed by atoms with Gasteiger partial charge in [0, 0.05) is 0 Å². The lowest BCUT2D eigenvalue weighted by Crippen LogP contribution is -2.12. The van der Waals surface area contributed by atoms with Crippen molar-refractivity contribution in [2.24, 2.45) is 0 Å². The van der Waals surface area contributed by atoms with Crippen molar-refractivity contribution < 1.29 is 14.6 Å². The lowest BCUT2D eigenvalue weighted by molar-refractivity contribution is -0.142. The third kappa shape index (κ3) is 3.85. The Morgan fingerprint density at radius 1 is 1.37 bits per heavy atom. The van der Waals surface area contributed by atoms with Crippen molar-refractivity contribution in [2.75, 3.05) is 0 Å². The first-order valence-corrected chi connectivity index (χ1v) is 5.98. The van der Waals surface area contributed by atoms with E-state index in [0.29, 0.717) is 16.7 Å². The molecule has 0 aliphatic carbocycles. The summed E-state index contributed by atoms with van der Waals surface area (Å²) in [6, 6.07) is 5.25. The zero-order chi connectivity index (χ0) is 14.6. The van der Waals surface area contributed by atoms with Gasteiger partial charge in [-0.1, -0.05) is 0 Å². The molecule has 1 aromatic carbocycles. The van der Waals surface area contributed by atoms with Gasteiger partial charge in [-0.05, 0) is 62.6 Å². The molecule has 4 heteroatoms. The van der Waals surface area contributed by atoms with E-state index in [-0.39, 0.29) is 17.4 Å². The molecule has 1 N–H and O–H groups in total. The summed E-state index contributed by atoms with van der Waals surface area (Å²) in [6.45, 7) is 6.97. The lowest BCUT2D eigenvalue weighted by atomic mass is 10.0. The van der Waals surface area contributed by atoms with E-state index in [0.717, 1.165) is 0 Å². The first-order valence-electron chi connectivity index (χ1n) is 5.98. The average molecular weight is 259 g/mol. The van der Waals surface area contributed by atoms with Crippen LogP contribution in [0.2, 0.25) is 0 Å². The Bertz CT molecular complexity index is 542. The first-order chi connectivity index (χ1) is 8.85. The van der Waals surface area contributed by atoms with Gasteiger partial charge in [0.15, 0.2) is 0 Å². The van der Waals surface area contributed by atoms with E-state index in [1.807, 2.05) is 6.07 Å². The van der Waals surface area contributed by atoms with Crippen LogP contribution in [0.3, 0.4) is 0 Å². The molecule has 0 heterocycles. The van der Waals surface area contributed by atoms with Gasteiger partial charge in [0.25, 0.3) is 0 Å². The second-order valence-electron chi connectivity index (χ2n) is 4.63. The van der Waals surface area contributed by atoms with Gasteiger partial charge in [0.1, 0.15) is 17.4 Å². The number of hydrogen-bond acceptors (Lipinski definition) is 4. The van der Waals surface area contributed by atoms with Gasteiger partial charge in [-0.2, -0.15) is 5.26 Å². The Kier molecular flexibility index (Phi) is 4.71. The molecule has 4 nitrogen and oxygen atoms in total. The number of benzene rings is 1. The van der Waals surface area contributed by atoms with E-state index in [9.17, 15) is 9.90 Å². The first kappa shape index (κ1) is 14.8. The molecule has 0 bridgehead atoms. The van der Waals surface area contributed by atoms with E-state index in [2.05, 4.69) is 0 Å². The number of aryl methyl sites for hydroxylation is 2. The zero-order valence-electron chi connectivity index (χ0n) is 11.5. The van der Waals surface area contributed by atoms with Gasteiger partial charge in [-0.25, -0.2) is 4.79 Å². The number of phenols is 1. The molecule has 0 fully saturated rings. The Morgan fingerprint density at radius 3 is 2.32 bits per heavy atom. The summed E-state index contributed by atoms with van der Waals surface area (Å²) >= 11 is 0. The molecule has 0 radical (unpaired) electrons. The van der Waals surface area contributed by atoms with Crippen LogP contribution in [-0.4, -0.2) is 17.2 Å². The van der Waals surface area contributed by atoms with Crippen LogP contribution in [0.4, 0.5) is 0 Å². The second kappa shape index (κ2) is 6.05. The quantitative estimate of drug-likeness (QED) is 0.514. The predicted octanol–water partition coefficient (Wildman–Crippen LogP) is 2.87. The van der Waals surface area contributed by atoms with Gasteiger partial charge in [0.05, 0.1) is 6.10 Å². The molecule has 0 unspecified atom stereocenters. The normalized spacial score (nSPS) is 11.3. The summed E-state index contributed by atoms with van der Waals surface area (Å²) in [6.07, 6.45) is 1.19. The monoisotopic (exact) mass is 259 g/mol. The maximum atomic E-state index is 11.7. The molecule has 0 aromatic heterocycles. The van der Waals surface area contributed by atoms with Gasteiger partial charge in [-0.3, -0.25) is 0 Å². The summed E-state index contributed by atoms with van der Waals surface area (Å²) < 4.78 is 4.98. The van der Waals surface area contributed by atoms with E-state index in [4.69, 9.17) is 10.00 Å². The smallest absolute Gasteiger partial charge is 0.349 e. The number of nitrogens with zero attached hydrogens (tertiary/aromatic N) is 1. The molecule has 1 rings (SSSR count). The molecule has 0 spiro atoms. The highest BCUT2D eigenvalue weighted by molar-refractivity contribution is 5.98. The summed E-state index contributed by atoms with van der Waals surface area (Å²) in [5.41, 5.74) is 2.02. The zero-order valence-corrected chi connectivity index (χ0v) is 11.5. The van der Waals surface area contributed by atoms with Gasteiger partial charge in [-0.15, -0.1) is 0 Å². The number of phenolic OH excluding ortho intramolecular Hbond substituents is 1. The van der Waals surface area contributed by atoms with Crippen LogP contribution in [0.15, 0.2) is 17.7 Å². The van der Waals surface area contributed by atoms with Crippen LogP contribution in [0.5, 0.6) is 5.75 Å². The van der Waals surface area contributed by atoms with Crippen molar-refractivity contribution >= 4 is 12.0 Å². The van der Waals surface area contributed by atoms with Crippen molar-refractivity contribution in [3.05, 3.63) is 34.4 Å². The maximum absolute atomic E-state index is 11.7. The Balaban J connectivity index is 3.12. The number of esters is 1. The average Bonchev–Trinajstić information content (AvgIpc) is 2.31. The third-order valence-electron chi connectivity index (χ3n) is 2.51. The number of carbonyl (C=O) groups is 1. The Labute approximate surface area is 112 Å². The summed E-state index contributed by atoms with van der Waals surface area (Å²) in [7, 11) is 0. The van der Waals surface area contributed by atoms with Crippen LogP contribution >= 0.6 is 0 Å². The minimum atomic E-state index is -0.638. The molecule has 1 aromatic rings. The highest BCUT2D eigenvalue weighted by atomic mass is 16.5. The van der Waals surface area contributed by atoms with Crippen LogP contribution in [0, 0.1) is 25.2 Å². The summed E-state index contributed by atoms with van der Waals surface area (Å²) in [5.74, 6) is -0.415. The molecule has 0 amide bonds. The Hall–Kier alpha value is -2.28. The molecular formula is C15H17NO3. The molecule has 0 atom stereocenters. The van der Waals surface area contributed by atoms with Crippen molar-refractivity contribution in [3.63, 3.8) is 0 Å². The van der Waals surface area contributed by atoms with Crippen LogP contribution in [-0.2, 0) is 9.53 Å². The van der Waals surface area contributed by atoms with E-state index >= 15 is 0 Å². The number of rotatable bonds is 3. The second-order valence-corrected chi connectivity index (χ2v) is 4.63. The number of carbonyl (C=O) groups excluding carboxylic acids is 1. The van der Waals surface area contributed by atoms with Crippen LogP contribution < -0.4 is 0 Å². The minimum absolute atomic E-state index is 0.0572. The predicted molar refractivity (Wildman–Crippen MR) is 72.4 cm³/mol. The Morgan fingerprint density at radius 2 is 1.89 bits per heavy atom. The molecular weight excluding hydrogens is 242 g/mol. The van der Waals surface area contributed by atoms with Crippen molar-refractivity contribution in [3.8, 4) is 11.8 Å².